The Morgan fingerprint density at radius 2 is 2.17 bits per heavy atom. The number of aromatic nitrogens is 1. The number of aliphatic imine (C=N–C) groups is 1. The third-order valence-corrected chi connectivity index (χ3v) is 4.83. The van der Waals surface area contributed by atoms with Gasteiger partial charge in [-0.05, 0) is 6.92 Å². The van der Waals surface area contributed by atoms with E-state index in [1.807, 2.05) is 0 Å². The van der Waals surface area contributed by atoms with Crippen molar-refractivity contribution in [3.05, 3.63) is 16.1 Å². The molecule has 0 radical (unpaired) electrons. The Morgan fingerprint density at radius 1 is 1.39 bits per heavy atom. The summed E-state index contributed by atoms with van der Waals surface area (Å²) in [7, 11) is 0. The monoisotopic (exact) mass is 339 g/mol. The van der Waals surface area contributed by atoms with E-state index in [1.54, 1.807) is 11.3 Å². The zero-order valence-corrected chi connectivity index (χ0v) is 15.3. The highest BCUT2D eigenvalue weighted by molar-refractivity contribution is 7.09. The summed E-state index contributed by atoms with van der Waals surface area (Å²) in [5.41, 5.74) is 1.05. The van der Waals surface area contributed by atoms with E-state index in [1.165, 1.54) is 5.01 Å². The lowest BCUT2D eigenvalue weighted by Crippen LogP contribution is -2.44. The van der Waals surface area contributed by atoms with Crippen molar-refractivity contribution >= 4 is 17.3 Å². The minimum absolute atomic E-state index is 0.484. The van der Waals surface area contributed by atoms with Gasteiger partial charge in [0.05, 0.1) is 30.5 Å². The molecule has 23 heavy (non-hydrogen) atoms. The Labute approximate surface area is 143 Å². The van der Waals surface area contributed by atoms with Gasteiger partial charge >= 0.3 is 0 Å². The van der Waals surface area contributed by atoms with E-state index >= 15 is 0 Å². The van der Waals surface area contributed by atoms with Crippen LogP contribution in [0.1, 0.15) is 37.4 Å². The van der Waals surface area contributed by atoms with Crippen molar-refractivity contribution in [1.29, 1.82) is 0 Å². The van der Waals surface area contributed by atoms with Gasteiger partial charge in [0, 0.05) is 44.0 Å². The van der Waals surface area contributed by atoms with Crippen molar-refractivity contribution in [3.8, 4) is 0 Å². The first-order valence-corrected chi connectivity index (χ1v) is 9.33. The normalized spacial score (nSPS) is 16.8. The number of nitrogens with zero attached hydrogens (tertiary/aromatic N) is 3. The van der Waals surface area contributed by atoms with Crippen LogP contribution in [0.5, 0.6) is 0 Å². The first kappa shape index (κ1) is 18.2. The number of guanidine groups is 1. The molecule has 2 N–H and O–H groups in total. The zero-order chi connectivity index (χ0) is 16.5. The molecule has 130 valence electrons. The predicted octanol–water partition coefficient (Wildman–Crippen LogP) is 1.65. The fourth-order valence-electron chi connectivity index (χ4n) is 2.32. The molecule has 1 aliphatic rings. The summed E-state index contributed by atoms with van der Waals surface area (Å²) in [6, 6.07) is 0. The molecular formula is C16H29N5OS. The second-order valence-corrected chi connectivity index (χ2v) is 6.80. The van der Waals surface area contributed by atoms with Crippen LogP contribution in [0, 0.1) is 0 Å². The third kappa shape index (κ3) is 6.45. The molecule has 0 unspecified atom stereocenters. The molecule has 0 aliphatic carbocycles. The van der Waals surface area contributed by atoms with Crippen LogP contribution in [0.3, 0.4) is 0 Å². The van der Waals surface area contributed by atoms with Crippen LogP contribution in [0.15, 0.2) is 10.4 Å². The van der Waals surface area contributed by atoms with Crippen LogP contribution in [0.2, 0.25) is 0 Å². The fourth-order valence-corrected chi connectivity index (χ4v) is 3.15. The van der Waals surface area contributed by atoms with Gasteiger partial charge in [-0.2, -0.15) is 0 Å². The van der Waals surface area contributed by atoms with Crippen LogP contribution in [0.4, 0.5) is 0 Å². The van der Waals surface area contributed by atoms with Gasteiger partial charge < -0.3 is 15.4 Å². The SMILES string of the molecule is CCNC(=NCc1csc(C(C)C)n1)NCCN1CCOCC1. The number of hydrogen-bond acceptors (Lipinski definition) is 5. The van der Waals surface area contributed by atoms with E-state index in [2.05, 4.69) is 51.7 Å². The average Bonchev–Trinajstić information content (AvgIpc) is 3.03. The number of thiazole rings is 1. The highest BCUT2D eigenvalue weighted by Crippen LogP contribution is 2.19. The lowest BCUT2D eigenvalue weighted by Gasteiger charge is -2.26. The predicted molar refractivity (Wildman–Crippen MR) is 96.3 cm³/mol. The maximum Gasteiger partial charge on any atom is 0.191 e. The molecule has 1 aromatic rings. The summed E-state index contributed by atoms with van der Waals surface area (Å²) in [5, 5.41) is 9.98. The molecule has 0 spiro atoms. The van der Waals surface area contributed by atoms with Gasteiger partial charge in [0.15, 0.2) is 5.96 Å². The summed E-state index contributed by atoms with van der Waals surface area (Å²) < 4.78 is 5.37. The van der Waals surface area contributed by atoms with Crippen LogP contribution in [-0.2, 0) is 11.3 Å². The highest BCUT2D eigenvalue weighted by Gasteiger charge is 2.10. The number of hydrogen-bond donors (Lipinski definition) is 2. The Hall–Kier alpha value is -1.18. The first-order valence-electron chi connectivity index (χ1n) is 8.45. The molecule has 2 rings (SSSR count). The number of rotatable bonds is 7. The summed E-state index contributed by atoms with van der Waals surface area (Å²) in [4.78, 5) is 11.7. The summed E-state index contributed by atoms with van der Waals surface area (Å²) in [6.07, 6.45) is 0. The van der Waals surface area contributed by atoms with Crippen molar-refractivity contribution in [1.82, 2.24) is 20.5 Å². The second kappa shape index (κ2) is 9.85. The Bertz CT molecular complexity index is 483. The molecule has 2 heterocycles. The van der Waals surface area contributed by atoms with Gasteiger partial charge in [0.25, 0.3) is 0 Å². The molecule has 0 bridgehead atoms. The average molecular weight is 340 g/mol. The van der Waals surface area contributed by atoms with Crippen LogP contribution in [-0.4, -0.2) is 61.8 Å². The molecule has 0 saturated carbocycles. The lowest BCUT2D eigenvalue weighted by atomic mass is 10.2. The molecule has 1 saturated heterocycles. The molecule has 1 fully saturated rings. The van der Waals surface area contributed by atoms with Crippen molar-refractivity contribution in [3.63, 3.8) is 0 Å². The van der Waals surface area contributed by atoms with Gasteiger partial charge in [0.2, 0.25) is 0 Å². The zero-order valence-electron chi connectivity index (χ0n) is 14.5. The molecule has 0 aromatic carbocycles. The topological polar surface area (TPSA) is 61.8 Å². The molecular weight excluding hydrogens is 310 g/mol. The number of ether oxygens (including phenoxy) is 1. The second-order valence-electron chi connectivity index (χ2n) is 5.91. The standard InChI is InChI=1S/C16H29N5OS/c1-4-17-16(18-5-6-21-7-9-22-10-8-21)19-11-14-12-23-15(20-14)13(2)3/h12-13H,4-11H2,1-3H3,(H2,17,18,19). The van der Waals surface area contributed by atoms with Gasteiger partial charge in [-0.3, -0.25) is 4.90 Å². The Kier molecular flexibility index (Phi) is 7.78. The fraction of sp³-hybridized carbons (Fsp3) is 0.750. The van der Waals surface area contributed by atoms with E-state index in [9.17, 15) is 0 Å². The minimum Gasteiger partial charge on any atom is -0.379 e. The Morgan fingerprint density at radius 3 is 2.83 bits per heavy atom. The lowest BCUT2D eigenvalue weighted by molar-refractivity contribution is 0.0389. The van der Waals surface area contributed by atoms with Crippen LogP contribution < -0.4 is 10.6 Å². The van der Waals surface area contributed by atoms with Gasteiger partial charge in [-0.25, -0.2) is 9.98 Å². The van der Waals surface area contributed by atoms with Gasteiger partial charge in [-0.1, -0.05) is 13.8 Å². The van der Waals surface area contributed by atoms with E-state index < -0.39 is 0 Å². The summed E-state index contributed by atoms with van der Waals surface area (Å²) in [5.74, 6) is 1.34. The quantitative estimate of drug-likeness (QED) is 0.584. The van der Waals surface area contributed by atoms with Gasteiger partial charge in [0.1, 0.15) is 0 Å². The maximum atomic E-state index is 5.37. The molecule has 1 aliphatic heterocycles. The van der Waals surface area contributed by atoms with Crippen LogP contribution in [0.25, 0.3) is 0 Å². The molecule has 1 aromatic heterocycles. The van der Waals surface area contributed by atoms with E-state index in [0.29, 0.717) is 12.5 Å². The first-order chi connectivity index (χ1) is 11.2. The third-order valence-electron chi connectivity index (χ3n) is 3.63. The van der Waals surface area contributed by atoms with Crippen molar-refractivity contribution < 1.29 is 4.74 Å². The van der Waals surface area contributed by atoms with Crippen LogP contribution >= 0.6 is 11.3 Å². The van der Waals surface area contributed by atoms with Crippen molar-refractivity contribution in [2.75, 3.05) is 45.9 Å². The molecule has 6 nitrogen and oxygen atoms in total. The summed E-state index contributed by atoms with van der Waals surface area (Å²) in [6.45, 7) is 13.5. The number of morpholine rings is 1. The van der Waals surface area contributed by atoms with Crippen molar-refractivity contribution in [2.24, 2.45) is 4.99 Å². The Balaban J connectivity index is 1.78. The largest absolute Gasteiger partial charge is 0.379 e. The minimum atomic E-state index is 0.484. The molecule has 7 heteroatoms. The van der Waals surface area contributed by atoms with Gasteiger partial charge in [-0.15, -0.1) is 11.3 Å². The van der Waals surface area contributed by atoms with E-state index in [4.69, 9.17) is 4.74 Å². The highest BCUT2D eigenvalue weighted by atomic mass is 32.1. The van der Waals surface area contributed by atoms with Crippen molar-refractivity contribution in [2.45, 2.75) is 33.2 Å². The molecule has 0 atom stereocenters. The summed E-state index contributed by atoms with van der Waals surface area (Å²) >= 11 is 1.72. The maximum absolute atomic E-state index is 5.37. The smallest absolute Gasteiger partial charge is 0.191 e. The van der Waals surface area contributed by atoms with E-state index in [-0.39, 0.29) is 0 Å². The number of nitrogens with one attached hydrogen (secondary N) is 2. The molecule has 0 amide bonds. The van der Waals surface area contributed by atoms with E-state index in [0.717, 1.165) is 57.6 Å².